The van der Waals surface area contributed by atoms with Gasteiger partial charge in [-0.05, 0) is 42.3 Å². The van der Waals surface area contributed by atoms with E-state index in [9.17, 15) is 13.6 Å². The monoisotopic (exact) mass is 354 g/mol. The fourth-order valence-electron chi connectivity index (χ4n) is 2.29. The number of rotatable bonds is 6. The van der Waals surface area contributed by atoms with Crippen molar-refractivity contribution < 1.29 is 13.6 Å². The second-order valence-electron chi connectivity index (χ2n) is 5.55. The van der Waals surface area contributed by atoms with Crippen LogP contribution in [0.25, 0.3) is 0 Å². The third kappa shape index (κ3) is 4.83. The van der Waals surface area contributed by atoms with Crippen LogP contribution in [0.4, 0.5) is 20.3 Å². The summed E-state index contributed by atoms with van der Waals surface area (Å²) in [6, 6.07) is 12.1. The lowest BCUT2D eigenvalue weighted by atomic mass is 10.1. The van der Waals surface area contributed by atoms with Gasteiger partial charge in [0.25, 0.3) is 5.91 Å². The molecular formula is C19H16F2N4O. The number of carbonyl (C=O) groups excluding carboxylic acids is 1. The maximum absolute atomic E-state index is 13.2. The summed E-state index contributed by atoms with van der Waals surface area (Å²) >= 11 is 0. The van der Waals surface area contributed by atoms with Crippen molar-refractivity contribution in [3.8, 4) is 0 Å². The van der Waals surface area contributed by atoms with Crippen molar-refractivity contribution >= 4 is 17.4 Å². The lowest BCUT2D eigenvalue weighted by Gasteiger charge is -2.07. The molecule has 0 saturated heterocycles. The Morgan fingerprint density at radius 2 is 1.77 bits per heavy atom. The van der Waals surface area contributed by atoms with E-state index in [1.165, 1.54) is 36.7 Å². The molecule has 2 N–H and O–H groups in total. The van der Waals surface area contributed by atoms with Gasteiger partial charge in [0.15, 0.2) is 0 Å². The Kier molecular flexibility index (Phi) is 5.48. The predicted octanol–water partition coefficient (Wildman–Crippen LogP) is 3.47. The van der Waals surface area contributed by atoms with Crippen molar-refractivity contribution in [2.24, 2.45) is 0 Å². The minimum absolute atomic E-state index is 0.175. The third-order valence-corrected chi connectivity index (χ3v) is 3.59. The van der Waals surface area contributed by atoms with Gasteiger partial charge < -0.3 is 10.6 Å². The van der Waals surface area contributed by atoms with Gasteiger partial charge in [0.05, 0.1) is 12.4 Å². The first-order valence-electron chi connectivity index (χ1n) is 7.97. The molecule has 0 saturated carbocycles. The molecule has 0 aliphatic heterocycles. The van der Waals surface area contributed by atoms with Crippen LogP contribution in [0.1, 0.15) is 16.1 Å². The highest BCUT2D eigenvalue weighted by molar-refractivity contribution is 5.92. The molecule has 26 heavy (non-hydrogen) atoms. The van der Waals surface area contributed by atoms with Gasteiger partial charge >= 0.3 is 0 Å². The lowest BCUT2D eigenvalue weighted by Crippen LogP contribution is -2.26. The highest BCUT2D eigenvalue weighted by Gasteiger charge is 2.08. The van der Waals surface area contributed by atoms with E-state index < -0.39 is 0 Å². The maximum Gasteiger partial charge on any atom is 0.271 e. The average Bonchev–Trinajstić information content (AvgIpc) is 2.64. The molecule has 0 unspecified atom stereocenters. The Balaban J connectivity index is 1.52. The zero-order chi connectivity index (χ0) is 18.4. The standard InChI is InChI=1S/C19H16F2N4O/c20-14-6-4-13(5-7-14)8-9-22-19(26)17-11-24-18(12-23-17)25-16-3-1-2-15(21)10-16/h1-7,10-12H,8-9H2,(H,22,26)(H,24,25). The Bertz CT molecular complexity index is 883. The Hall–Kier alpha value is -3.35. The fourth-order valence-corrected chi connectivity index (χ4v) is 2.29. The molecule has 0 radical (unpaired) electrons. The molecule has 0 spiro atoms. The van der Waals surface area contributed by atoms with Crippen molar-refractivity contribution in [2.75, 3.05) is 11.9 Å². The number of nitrogens with zero attached hydrogens (tertiary/aromatic N) is 2. The van der Waals surface area contributed by atoms with Gasteiger partial charge in [-0.1, -0.05) is 18.2 Å². The van der Waals surface area contributed by atoms with Crippen LogP contribution < -0.4 is 10.6 Å². The van der Waals surface area contributed by atoms with Gasteiger partial charge in [0, 0.05) is 12.2 Å². The SMILES string of the molecule is O=C(NCCc1ccc(F)cc1)c1cnc(Nc2cccc(F)c2)cn1. The van der Waals surface area contributed by atoms with Crippen molar-refractivity contribution in [3.63, 3.8) is 0 Å². The van der Waals surface area contributed by atoms with Crippen molar-refractivity contribution in [1.29, 1.82) is 0 Å². The van der Waals surface area contributed by atoms with Crippen LogP contribution in [0, 0.1) is 11.6 Å². The molecule has 0 aliphatic carbocycles. The first kappa shape index (κ1) is 17.5. The number of nitrogens with one attached hydrogen (secondary N) is 2. The molecule has 2 aromatic carbocycles. The molecule has 3 rings (SSSR count). The minimum Gasteiger partial charge on any atom is -0.350 e. The molecule has 5 nitrogen and oxygen atoms in total. The van der Waals surface area contributed by atoms with E-state index in [4.69, 9.17) is 0 Å². The molecule has 1 heterocycles. The van der Waals surface area contributed by atoms with Gasteiger partial charge in [-0.25, -0.2) is 18.7 Å². The van der Waals surface area contributed by atoms with Crippen LogP contribution in [-0.4, -0.2) is 22.4 Å². The maximum atomic E-state index is 13.2. The Morgan fingerprint density at radius 1 is 0.962 bits per heavy atom. The molecule has 1 aromatic heterocycles. The molecule has 132 valence electrons. The smallest absolute Gasteiger partial charge is 0.271 e. The van der Waals surface area contributed by atoms with E-state index in [1.807, 2.05) is 0 Å². The summed E-state index contributed by atoms with van der Waals surface area (Å²) < 4.78 is 26.0. The number of aromatic nitrogens is 2. The van der Waals surface area contributed by atoms with Crippen LogP contribution in [0.2, 0.25) is 0 Å². The van der Waals surface area contributed by atoms with E-state index in [2.05, 4.69) is 20.6 Å². The van der Waals surface area contributed by atoms with Gasteiger partial charge in [-0.2, -0.15) is 0 Å². The van der Waals surface area contributed by atoms with E-state index in [0.717, 1.165) is 5.56 Å². The van der Waals surface area contributed by atoms with Crippen molar-refractivity contribution in [1.82, 2.24) is 15.3 Å². The number of carbonyl (C=O) groups is 1. The Labute approximate surface area is 149 Å². The predicted molar refractivity (Wildman–Crippen MR) is 94.2 cm³/mol. The topological polar surface area (TPSA) is 66.9 Å². The molecule has 0 fully saturated rings. The summed E-state index contributed by atoms with van der Waals surface area (Å²) in [7, 11) is 0. The number of benzene rings is 2. The minimum atomic E-state index is -0.361. The summed E-state index contributed by atoms with van der Waals surface area (Å²) in [4.78, 5) is 20.2. The van der Waals surface area contributed by atoms with E-state index in [0.29, 0.717) is 24.5 Å². The number of amides is 1. The second kappa shape index (κ2) is 8.15. The first-order valence-corrected chi connectivity index (χ1v) is 7.97. The van der Waals surface area contributed by atoms with Crippen LogP contribution in [0.5, 0.6) is 0 Å². The quantitative estimate of drug-likeness (QED) is 0.711. The van der Waals surface area contributed by atoms with Crippen molar-refractivity contribution in [2.45, 2.75) is 6.42 Å². The van der Waals surface area contributed by atoms with Gasteiger partial charge in [0.2, 0.25) is 0 Å². The van der Waals surface area contributed by atoms with E-state index >= 15 is 0 Å². The van der Waals surface area contributed by atoms with Crippen molar-refractivity contribution in [3.05, 3.63) is 83.8 Å². The van der Waals surface area contributed by atoms with Gasteiger partial charge in [0.1, 0.15) is 23.1 Å². The molecule has 0 atom stereocenters. The van der Waals surface area contributed by atoms with Crippen LogP contribution in [-0.2, 0) is 6.42 Å². The first-order chi connectivity index (χ1) is 12.6. The third-order valence-electron chi connectivity index (χ3n) is 3.59. The van der Waals surface area contributed by atoms with Crippen LogP contribution in [0.3, 0.4) is 0 Å². The highest BCUT2D eigenvalue weighted by atomic mass is 19.1. The van der Waals surface area contributed by atoms with E-state index in [-0.39, 0.29) is 23.2 Å². The molecule has 7 heteroatoms. The van der Waals surface area contributed by atoms with Gasteiger partial charge in [-0.15, -0.1) is 0 Å². The number of hydrogen-bond acceptors (Lipinski definition) is 4. The molecule has 0 bridgehead atoms. The number of anilines is 2. The Morgan fingerprint density at radius 3 is 2.46 bits per heavy atom. The van der Waals surface area contributed by atoms with Gasteiger partial charge in [-0.3, -0.25) is 4.79 Å². The fraction of sp³-hybridized carbons (Fsp3) is 0.105. The van der Waals surface area contributed by atoms with E-state index in [1.54, 1.807) is 24.3 Å². The second-order valence-corrected chi connectivity index (χ2v) is 5.55. The summed E-state index contributed by atoms with van der Waals surface area (Å²) in [6.45, 7) is 0.398. The zero-order valence-electron chi connectivity index (χ0n) is 13.7. The van der Waals surface area contributed by atoms with Crippen LogP contribution >= 0.6 is 0 Å². The van der Waals surface area contributed by atoms with Crippen LogP contribution in [0.15, 0.2) is 60.9 Å². The molecule has 1 amide bonds. The average molecular weight is 354 g/mol. The summed E-state index contributed by atoms with van der Waals surface area (Å²) in [5.74, 6) is -0.601. The normalized spacial score (nSPS) is 10.4. The molecule has 0 aliphatic rings. The summed E-state index contributed by atoms with van der Waals surface area (Å²) in [5, 5.41) is 5.64. The largest absolute Gasteiger partial charge is 0.350 e. The summed E-state index contributed by atoms with van der Waals surface area (Å²) in [5.41, 5.74) is 1.64. The summed E-state index contributed by atoms with van der Waals surface area (Å²) in [6.07, 6.45) is 3.33. The molecular weight excluding hydrogens is 338 g/mol. The highest BCUT2D eigenvalue weighted by Crippen LogP contribution is 2.14. The number of halogens is 2. The number of hydrogen-bond donors (Lipinski definition) is 2. The lowest BCUT2D eigenvalue weighted by molar-refractivity contribution is 0.0949. The zero-order valence-corrected chi connectivity index (χ0v) is 13.7. The molecule has 3 aromatic rings.